The van der Waals surface area contributed by atoms with Gasteiger partial charge in [-0.25, -0.2) is 0 Å². The summed E-state index contributed by atoms with van der Waals surface area (Å²) in [6, 6.07) is 0. The van der Waals surface area contributed by atoms with Gasteiger partial charge < -0.3 is 19.2 Å². The van der Waals surface area contributed by atoms with Crippen LogP contribution in [0, 0.1) is 5.92 Å². The maximum absolute atomic E-state index is 5.49. The van der Waals surface area contributed by atoms with Gasteiger partial charge in [0.25, 0.3) is 0 Å². The van der Waals surface area contributed by atoms with Gasteiger partial charge in [-0.2, -0.15) is 4.98 Å². The van der Waals surface area contributed by atoms with Crippen molar-refractivity contribution >= 4 is 0 Å². The minimum atomic E-state index is 0.366. The maximum Gasteiger partial charge on any atom is 0.393 e. The van der Waals surface area contributed by atoms with E-state index in [-0.39, 0.29) is 0 Å². The zero-order chi connectivity index (χ0) is 11.9. The molecule has 2 rings (SSSR count). The van der Waals surface area contributed by atoms with Gasteiger partial charge in [0.2, 0.25) is 0 Å². The Labute approximate surface area is 102 Å². The van der Waals surface area contributed by atoms with Crippen molar-refractivity contribution < 1.29 is 13.9 Å². The summed E-state index contributed by atoms with van der Waals surface area (Å²) in [5.41, 5.74) is 0.885. The standard InChI is InChI=1S/C12H20N2O3/c1-2-4-13-6-11-9-17-12(14-11)16-8-10-3-5-15-7-10/h9-10,13H,2-8H2,1H3. The van der Waals surface area contributed by atoms with Crippen LogP contribution in [-0.2, 0) is 11.3 Å². The van der Waals surface area contributed by atoms with Crippen molar-refractivity contribution in [3.05, 3.63) is 12.0 Å². The summed E-state index contributed by atoms with van der Waals surface area (Å²) < 4.78 is 16.0. The smallest absolute Gasteiger partial charge is 0.393 e. The van der Waals surface area contributed by atoms with E-state index in [9.17, 15) is 0 Å². The summed E-state index contributed by atoms with van der Waals surface area (Å²) in [6.07, 6.45) is 4.18. The second kappa shape index (κ2) is 6.61. The number of aromatic nitrogens is 1. The van der Waals surface area contributed by atoms with Crippen molar-refractivity contribution in [3.8, 4) is 6.08 Å². The summed E-state index contributed by atoms with van der Waals surface area (Å²) in [4.78, 5) is 4.25. The van der Waals surface area contributed by atoms with Gasteiger partial charge in [0.15, 0.2) is 0 Å². The fraction of sp³-hybridized carbons (Fsp3) is 0.750. The van der Waals surface area contributed by atoms with E-state index >= 15 is 0 Å². The largest absolute Gasteiger partial charge is 0.450 e. The second-order valence-electron chi connectivity index (χ2n) is 4.32. The highest BCUT2D eigenvalue weighted by Crippen LogP contribution is 2.15. The number of rotatable bonds is 7. The van der Waals surface area contributed by atoms with Gasteiger partial charge in [0.05, 0.1) is 18.9 Å². The molecule has 0 amide bonds. The monoisotopic (exact) mass is 240 g/mol. The molecule has 0 spiro atoms. The Balaban J connectivity index is 1.69. The van der Waals surface area contributed by atoms with Crippen LogP contribution < -0.4 is 10.1 Å². The molecule has 0 radical (unpaired) electrons. The number of oxazole rings is 1. The molecular formula is C12H20N2O3. The Kier molecular flexibility index (Phi) is 4.82. The molecular weight excluding hydrogens is 220 g/mol. The average molecular weight is 240 g/mol. The lowest BCUT2D eigenvalue weighted by molar-refractivity contribution is 0.151. The van der Waals surface area contributed by atoms with Gasteiger partial charge in [-0.05, 0) is 19.4 Å². The number of nitrogens with zero attached hydrogens (tertiary/aromatic N) is 1. The molecule has 5 nitrogen and oxygen atoms in total. The van der Waals surface area contributed by atoms with Gasteiger partial charge in [0, 0.05) is 19.1 Å². The maximum atomic E-state index is 5.49. The van der Waals surface area contributed by atoms with Crippen molar-refractivity contribution in [2.24, 2.45) is 5.92 Å². The first kappa shape index (κ1) is 12.4. The van der Waals surface area contributed by atoms with Crippen molar-refractivity contribution in [2.75, 3.05) is 26.4 Å². The van der Waals surface area contributed by atoms with Gasteiger partial charge >= 0.3 is 6.08 Å². The second-order valence-corrected chi connectivity index (χ2v) is 4.32. The van der Waals surface area contributed by atoms with Gasteiger partial charge in [0.1, 0.15) is 6.26 Å². The molecule has 1 atom stereocenters. The molecule has 1 aliphatic heterocycles. The van der Waals surface area contributed by atoms with E-state index in [1.54, 1.807) is 6.26 Å². The Morgan fingerprint density at radius 2 is 2.53 bits per heavy atom. The molecule has 5 heteroatoms. The molecule has 1 N–H and O–H groups in total. The highest BCUT2D eigenvalue weighted by atomic mass is 16.6. The van der Waals surface area contributed by atoms with Crippen LogP contribution >= 0.6 is 0 Å². The van der Waals surface area contributed by atoms with Gasteiger partial charge in [-0.15, -0.1) is 0 Å². The van der Waals surface area contributed by atoms with Crippen molar-refractivity contribution in [1.29, 1.82) is 0 Å². The highest BCUT2D eigenvalue weighted by Gasteiger charge is 2.17. The first-order valence-electron chi connectivity index (χ1n) is 6.24. The summed E-state index contributed by atoms with van der Waals surface area (Å²) >= 11 is 0. The molecule has 1 aliphatic rings. The molecule has 2 heterocycles. The van der Waals surface area contributed by atoms with E-state index < -0.39 is 0 Å². The van der Waals surface area contributed by atoms with Crippen LogP contribution in [0.2, 0.25) is 0 Å². The predicted octanol–water partition coefficient (Wildman–Crippen LogP) is 1.59. The fourth-order valence-corrected chi connectivity index (χ4v) is 1.73. The highest BCUT2D eigenvalue weighted by molar-refractivity contribution is 4.99. The minimum Gasteiger partial charge on any atom is -0.450 e. The topological polar surface area (TPSA) is 56.5 Å². The van der Waals surface area contributed by atoms with Crippen LogP contribution in [-0.4, -0.2) is 31.3 Å². The first-order valence-corrected chi connectivity index (χ1v) is 6.24. The van der Waals surface area contributed by atoms with Crippen molar-refractivity contribution in [1.82, 2.24) is 10.3 Å². The van der Waals surface area contributed by atoms with Crippen LogP contribution in [0.3, 0.4) is 0 Å². The fourth-order valence-electron chi connectivity index (χ4n) is 1.73. The molecule has 1 aromatic heterocycles. The normalized spacial score (nSPS) is 19.7. The zero-order valence-corrected chi connectivity index (χ0v) is 10.3. The molecule has 0 aromatic carbocycles. The van der Waals surface area contributed by atoms with Crippen LogP contribution in [0.25, 0.3) is 0 Å². The number of ether oxygens (including phenoxy) is 2. The quantitative estimate of drug-likeness (QED) is 0.733. The van der Waals surface area contributed by atoms with Crippen LogP contribution in [0.1, 0.15) is 25.5 Å². The number of nitrogens with one attached hydrogen (secondary N) is 1. The van der Waals surface area contributed by atoms with E-state index in [0.29, 0.717) is 18.6 Å². The van der Waals surface area contributed by atoms with E-state index in [4.69, 9.17) is 13.9 Å². The van der Waals surface area contributed by atoms with E-state index in [2.05, 4.69) is 17.2 Å². The molecule has 0 bridgehead atoms. The number of hydrogen-bond donors (Lipinski definition) is 1. The summed E-state index contributed by atoms with van der Waals surface area (Å²) in [5.74, 6) is 0.476. The molecule has 1 aromatic rings. The van der Waals surface area contributed by atoms with Crippen LogP contribution in [0.15, 0.2) is 10.7 Å². The van der Waals surface area contributed by atoms with Crippen molar-refractivity contribution in [3.63, 3.8) is 0 Å². The third-order valence-electron chi connectivity index (χ3n) is 2.73. The van der Waals surface area contributed by atoms with E-state index in [0.717, 1.165) is 44.8 Å². The lowest BCUT2D eigenvalue weighted by Crippen LogP contribution is -2.14. The number of hydrogen-bond acceptors (Lipinski definition) is 5. The molecule has 17 heavy (non-hydrogen) atoms. The third-order valence-corrected chi connectivity index (χ3v) is 2.73. The molecule has 96 valence electrons. The molecule has 0 aliphatic carbocycles. The molecule has 1 fully saturated rings. The van der Waals surface area contributed by atoms with E-state index in [1.165, 1.54) is 0 Å². The third kappa shape index (κ3) is 4.02. The Morgan fingerprint density at radius 1 is 1.59 bits per heavy atom. The van der Waals surface area contributed by atoms with Crippen LogP contribution in [0.5, 0.6) is 6.08 Å². The summed E-state index contributed by atoms with van der Waals surface area (Å²) in [5, 5.41) is 3.26. The Bertz CT molecular complexity index is 321. The average Bonchev–Trinajstić information content (AvgIpc) is 2.98. The minimum absolute atomic E-state index is 0.366. The molecule has 1 saturated heterocycles. The van der Waals surface area contributed by atoms with Gasteiger partial charge in [-0.3, -0.25) is 0 Å². The van der Waals surface area contributed by atoms with Crippen LogP contribution in [0.4, 0.5) is 0 Å². The molecule has 0 saturated carbocycles. The predicted molar refractivity (Wildman–Crippen MR) is 62.9 cm³/mol. The van der Waals surface area contributed by atoms with Crippen molar-refractivity contribution in [2.45, 2.75) is 26.3 Å². The van der Waals surface area contributed by atoms with Gasteiger partial charge in [-0.1, -0.05) is 6.92 Å². The Hall–Kier alpha value is -1.07. The summed E-state index contributed by atoms with van der Waals surface area (Å²) in [6.45, 7) is 6.10. The first-order chi connectivity index (χ1) is 8.38. The lowest BCUT2D eigenvalue weighted by atomic mass is 10.1. The Morgan fingerprint density at radius 3 is 3.29 bits per heavy atom. The SMILES string of the molecule is CCCNCc1coc(OCC2CCOC2)n1. The van der Waals surface area contributed by atoms with E-state index in [1.807, 2.05) is 0 Å². The molecule has 1 unspecified atom stereocenters. The summed E-state index contributed by atoms with van der Waals surface area (Å²) in [7, 11) is 0. The lowest BCUT2D eigenvalue weighted by Gasteiger charge is -2.05. The zero-order valence-electron chi connectivity index (χ0n) is 10.3.